The highest BCUT2D eigenvalue weighted by Crippen LogP contribution is 2.43. The second-order valence-electron chi connectivity index (χ2n) is 10.9. The smallest absolute Gasteiger partial charge is 0.472 e. The number of esters is 2. The van der Waals surface area contributed by atoms with E-state index >= 15 is 0 Å². The molecule has 3 unspecified atom stereocenters. The van der Waals surface area contributed by atoms with Crippen LogP contribution in [-0.2, 0) is 37.5 Å². The monoisotopic (exact) mass is 659 g/mol. The number of hydrogen-bond acceptors (Lipinski definition) is 9. The number of phosphoric acid groups is 1. The van der Waals surface area contributed by atoms with Crippen molar-refractivity contribution in [3.63, 3.8) is 0 Å². The lowest BCUT2D eigenvalue weighted by Gasteiger charge is -2.20. The molecule has 0 heterocycles. The number of carboxylic acid groups (broad SMARTS) is 1. The van der Waals surface area contributed by atoms with Gasteiger partial charge in [0.15, 0.2) is 6.10 Å². The topological polar surface area (TPSA) is 172 Å². The minimum absolute atomic E-state index is 0.126. The number of carboxylic acids is 1. The molecule has 0 bridgehead atoms. The van der Waals surface area contributed by atoms with E-state index in [-0.39, 0.29) is 19.4 Å². The zero-order valence-electron chi connectivity index (χ0n) is 27.4. The first-order chi connectivity index (χ1) is 21.6. The second-order valence-corrected chi connectivity index (χ2v) is 12.4. The summed E-state index contributed by atoms with van der Waals surface area (Å²) in [6.45, 7) is 2.57. The fourth-order valence-corrected chi connectivity index (χ4v) is 4.80. The van der Waals surface area contributed by atoms with Crippen LogP contribution >= 0.6 is 7.82 Å². The number of aliphatic carboxylic acids is 1. The van der Waals surface area contributed by atoms with E-state index in [1.54, 1.807) is 0 Å². The predicted octanol–water partition coefficient (Wildman–Crippen LogP) is 7.33. The van der Waals surface area contributed by atoms with Gasteiger partial charge in [0.25, 0.3) is 0 Å². The average Bonchev–Trinajstić information content (AvgIpc) is 3.00. The van der Waals surface area contributed by atoms with E-state index in [4.69, 9.17) is 24.8 Å². The van der Waals surface area contributed by atoms with Crippen molar-refractivity contribution in [1.82, 2.24) is 0 Å². The van der Waals surface area contributed by atoms with Gasteiger partial charge in [-0.1, -0.05) is 102 Å². The summed E-state index contributed by atoms with van der Waals surface area (Å²) in [5.74, 6) is -2.43. The molecule has 0 fully saturated rings. The Morgan fingerprint density at radius 2 is 1.24 bits per heavy atom. The van der Waals surface area contributed by atoms with Gasteiger partial charge in [-0.2, -0.15) is 0 Å². The van der Waals surface area contributed by atoms with Crippen LogP contribution in [0.2, 0.25) is 0 Å². The lowest BCUT2D eigenvalue weighted by atomic mass is 10.1. The fraction of sp³-hybridized carbons (Fsp3) is 0.727. The number of phosphoric ester groups is 1. The lowest BCUT2D eigenvalue weighted by molar-refractivity contribution is -0.161. The lowest BCUT2D eigenvalue weighted by Crippen LogP contribution is -2.34. The molecule has 4 N–H and O–H groups in total. The largest absolute Gasteiger partial charge is 0.480 e. The Labute approximate surface area is 270 Å². The van der Waals surface area contributed by atoms with Gasteiger partial charge in [-0.3, -0.25) is 23.4 Å². The average molecular weight is 660 g/mol. The summed E-state index contributed by atoms with van der Waals surface area (Å²) in [7, 11) is -4.71. The molecular weight excluding hydrogens is 601 g/mol. The molecule has 11 nitrogen and oxygen atoms in total. The molecule has 0 aromatic rings. The molecule has 0 aliphatic carbocycles. The van der Waals surface area contributed by atoms with Gasteiger partial charge in [0.1, 0.15) is 12.6 Å². The first-order valence-corrected chi connectivity index (χ1v) is 18.0. The van der Waals surface area contributed by atoms with Crippen LogP contribution in [0.3, 0.4) is 0 Å². The third kappa shape index (κ3) is 28.9. The quantitative estimate of drug-likeness (QED) is 0.0305. The summed E-state index contributed by atoms with van der Waals surface area (Å²) >= 11 is 0. The van der Waals surface area contributed by atoms with Crippen LogP contribution in [0.15, 0.2) is 36.5 Å². The highest BCUT2D eigenvalue weighted by Gasteiger charge is 2.28. The molecule has 0 rings (SSSR count). The maximum atomic E-state index is 12.5. The molecule has 12 heteroatoms. The first-order valence-electron chi connectivity index (χ1n) is 16.5. The third-order valence-electron chi connectivity index (χ3n) is 6.65. The molecule has 260 valence electrons. The Kier molecular flexibility index (Phi) is 27.6. The zero-order valence-corrected chi connectivity index (χ0v) is 28.3. The van der Waals surface area contributed by atoms with Crippen molar-refractivity contribution in [3.05, 3.63) is 36.5 Å². The normalized spacial score (nSPS) is 14.6. The number of carbonyl (C=O) groups is 3. The molecule has 0 spiro atoms. The highest BCUT2D eigenvalue weighted by atomic mass is 31.2. The van der Waals surface area contributed by atoms with Gasteiger partial charge in [-0.25, -0.2) is 4.57 Å². The van der Waals surface area contributed by atoms with Gasteiger partial charge >= 0.3 is 25.7 Å². The maximum absolute atomic E-state index is 12.5. The summed E-state index contributed by atoms with van der Waals surface area (Å²) in [5, 5.41) is 8.82. The van der Waals surface area contributed by atoms with Gasteiger partial charge in [0.05, 0.1) is 13.2 Å². The standard InChI is InChI=1S/C33H58NO10P/c1-3-5-7-9-11-13-14-15-16-17-19-21-23-25-32(36)44-29(27-42-45(39,40)43-28-30(34)33(37)38)26-41-31(35)24-22-20-18-12-10-8-6-4-2/h5,7,11,13,15-16,29-30H,3-4,6,8-10,12,14,17-28,34H2,1-2H3,(H,37,38)(H,39,40)/b7-5-,13-11-,16-15-. The van der Waals surface area contributed by atoms with Crippen LogP contribution < -0.4 is 5.73 Å². The summed E-state index contributed by atoms with van der Waals surface area (Å²) in [5.41, 5.74) is 5.29. The van der Waals surface area contributed by atoms with E-state index in [0.29, 0.717) is 12.8 Å². The Bertz CT molecular complexity index is 921. The van der Waals surface area contributed by atoms with Gasteiger partial charge in [0, 0.05) is 12.8 Å². The van der Waals surface area contributed by atoms with E-state index in [9.17, 15) is 23.8 Å². The molecule has 0 aliphatic heterocycles. The van der Waals surface area contributed by atoms with Crippen LogP contribution in [0.25, 0.3) is 0 Å². The van der Waals surface area contributed by atoms with Gasteiger partial charge in [-0.15, -0.1) is 0 Å². The first kappa shape index (κ1) is 42.7. The third-order valence-corrected chi connectivity index (χ3v) is 7.60. The van der Waals surface area contributed by atoms with Crippen molar-refractivity contribution in [1.29, 1.82) is 0 Å². The van der Waals surface area contributed by atoms with Crippen molar-refractivity contribution in [2.24, 2.45) is 5.73 Å². The molecule has 0 saturated carbocycles. The summed E-state index contributed by atoms with van der Waals surface area (Å²) in [6, 6.07) is -1.52. The fourth-order valence-electron chi connectivity index (χ4n) is 4.02. The Balaban J connectivity index is 4.58. The van der Waals surface area contributed by atoms with E-state index in [0.717, 1.165) is 57.8 Å². The van der Waals surface area contributed by atoms with Gasteiger partial charge in [0.2, 0.25) is 0 Å². The Hall–Kier alpha value is -2.30. The Morgan fingerprint density at radius 3 is 1.87 bits per heavy atom. The second kappa shape index (κ2) is 29.1. The number of hydrogen-bond donors (Lipinski definition) is 3. The number of nitrogens with two attached hydrogens (primary N) is 1. The summed E-state index contributed by atoms with van der Waals surface area (Å²) in [4.78, 5) is 45.4. The molecule has 0 radical (unpaired) electrons. The minimum Gasteiger partial charge on any atom is -0.480 e. The van der Waals surface area contributed by atoms with Crippen LogP contribution in [0, 0.1) is 0 Å². The molecule has 0 aromatic heterocycles. The van der Waals surface area contributed by atoms with Crippen molar-refractivity contribution in [2.75, 3.05) is 19.8 Å². The van der Waals surface area contributed by atoms with E-state index in [1.807, 2.05) is 0 Å². The molecule has 0 saturated heterocycles. The maximum Gasteiger partial charge on any atom is 0.472 e. The van der Waals surface area contributed by atoms with Crippen molar-refractivity contribution < 1.29 is 47.5 Å². The number of allylic oxidation sites excluding steroid dienone is 6. The number of carbonyl (C=O) groups excluding carboxylic acids is 2. The van der Waals surface area contributed by atoms with Crippen LogP contribution in [-0.4, -0.2) is 59.9 Å². The Morgan fingerprint density at radius 1 is 0.711 bits per heavy atom. The number of rotatable bonds is 30. The minimum atomic E-state index is -4.71. The van der Waals surface area contributed by atoms with E-state index in [1.165, 1.54) is 25.7 Å². The van der Waals surface area contributed by atoms with Gasteiger partial charge in [-0.05, 0) is 44.9 Å². The van der Waals surface area contributed by atoms with Crippen molar-refractivity contribution >= 4 is 25.7 Å². The van der Waals surface area contributed by atoms with Gasteiger partial charge < -0.3 is 25.2 Å². The van der Waals surface area contributed by atoms with E-state index < -0.39 is 51.1 Å². The predicted molar refractivity (Wildman–Crippen MR) is 175 cm³/mol. The SMILES string of the molecule is CC/C=C\C/C=C\C/C=C\CCCCCC(=O)OC(COC(=O)CCCCCCCCCC)COP(=O)(O)OCC(N)C(=O)O. The number of unbranched alkanes of at least 4 members (excludes halogenated alkanes) is 10. The highest BCUT2D eigenvalue weighted by molar-refractivity contribution is 7.47. The molecule has 3 atom stereocenters. The van der Waals surface area contributed by atoms with Crippen LogP contribution in [0.5, 0.6) is 0 Å². The van der Waals surface area contributed by atoms with Crippen molar-refractivity contribution in [3.8, 4) is 0 Å². The summed E-state index contributed by atoms with van der Waals surface area (Å²) < 4.78 is 32.3. The van der Waals surface area contributed by atoms with Crippen LogP contribution in [0.4, 0.5) is 0 Å². The van der Waals surface area contributed by atoms with Crippen molar-refractivity contribution in [2.45, 2.75) is 135 Å². The zero-order chi connectivity index (χ0) is 33.6. The number of ether oxygens (including phenoxy) is 2. The summed E-state index contributed by atoms with van der Waals surface area (Å²) in [6.07, 6.45) is 26.7. The van der Waals surface area contributed by atoms with Crippen LogP contribution in [0.1, 0.15) is 123 Å². The molecule has 0 aliphatic rings. The molecule has 0 amide bonds. The molecule has 45 heavy (non-hydrogen) atoms. The van der Waals surface area contributed by atoms with E-state index in [2.05, 4.69) is 54.8 Å². The molecule has 0 aromatic carbocycles. The molecular formula is C33H58NO10P.